The molecule has 33 heavy (non-hydrogen) atoms. The van der Waals surface area contributed by atoms with Gasteiger partial charge in [-0.1, -0.05) is 12.2 Å². The van der Waals surface area contributed by atoms with Crippen molar-refractivity contribution in [1.82, 2.24) is 0 Å². The van der Waals surface area contributed by atoms with Crippen molar-refractivity contribution in [2.45, 2.75) is 12.8 Å². The van der Waals surface area contributed by atoms with Crippen LogP contribution in [0, 0.1) is 0 Å². The first-order valence-corrected chi connectivity index (χ1v) is 7.60. The average Bonchev–Trinajstić information content (AvgIpc) is 2.60. The Labute approximate surface area is 198 Å². The minimum Gasteiger partial charge on any atom is -0.550 e. The minimum atomic E-state index is -1.63. The number of pyridine rings is 2. The minimum absolute atomic E-state index is 0. The Morgan fingerprint density at radius 2 is 0.788 bits per heavy atom. The van der Waals surface area contributed by atoms with Crippen LogP contribution in [0.1, 0.15) is 24.0 Å². The molecule has 189 valence electrons. The predicted molar refractivity (Wildman–Crippen MR) is 98.6 cm³/mol. The molecule has 1 radical (unpaired) electrons. The number of aromatic nitrogens is 2. The maximum Gasteiger partial charge on any atom is 2.00 e. The van der Waals surface area contributed by atoms with E-state index in [4.69, 9.17) is 0 Å². The summed E-state index contributed by atoms with van der Waals surface area (Å²) in [6, 6.07) is 8.13. The average molecular weight is 524 g/mol. The molecule has 0 fully saturated rings. The van der Waals surface area contributed by atoms with Crippen LogP contribution in [0.25, 0.3) is 12.2 Å². The second-order valence-electron chi connectivity index (χ2n) is 4.84. The number of aliphatic carboxylic acids is 4. The van der Waals surface area contributed by atoms with Crippen LogP contribution in [0.4, 0.5) is 0 Å². The zero-order chi connectivity index (χ0) is 21.4. The molecule has 15 heteroatoms. The number of nitrogens with one attached hydrogen (secondary N) is 2. The van der Waals surface area contributed by atoms with Crippen LogP contribution in [0.5, 0.6) is 0 Å². The van der Waals surface area contributed by atoms with Crippen molar-refractivity contribution < 1.29 is 88.5 Å². The second-order valence-corrected chi connectivity index (χ2v) is 4.84. The number of carbonyl (C=O) groups excluding carboxylic acids is 4. The SMILES string of the molecule is C(=C\c1cc[nH+]cc1)/c1cc[nH+]cc1.O.O.O.O.O=C([O-])CC(=O)[O-].O=C([O-])CC(=O)[O-].[Cu+2]. The zero-order valence-corrected chi connectivity index (χ0v) is 17.7. The van der Waals surface area contributed by atoms with E-state index in [-0.39, 0.29) is 39.0 Å². The summed E-state index contributed by atoms with van der Waals surface area (Å²) in [5.41, 5.74) is 2.38. The first-order valence-electron chi connectivity index (χ1n) is 7.60. The quantitative estimate of drug-likeness (QED) is 0.257. The summed E-state index contributed by atoms with van der Waals surface area (Å²) in [6.07, 6.45) is 9.78. The number of hydrogen-bond donors (Lipinski definition) is 0. The van der Waals surface area contributed by atoms with E-state index in [1.165, 1.54) is 11.1 Å². The maximum absolute atomic E-state index is 9.28. The molecule has 2 aromatic rings. The standard InChI is InChI=1S/C12H10N2.2C3H4O4.Cu.4H2O/c1(11-3-7-13-8-4-11)2-12-5-9-14-10-6-12;2*4-2(5)1-3(6)7;;;;;/h1-10H;2*1H2,(H,4,5)(H,6,7);;4*1H2/q;;;+2;;;;/p-2/b2-1+;;;;;;;. The third-order valence-electron chi connectivity index (χ3n) is 2.53. The van der Waals surface area contributed by atoms with Gasteiger partial charge < -0.3 is 61.5 Å². The van der Waals surface area contributed by atoms with E-state index in [9.17, 15) is 39.6 Å². The summed E-state index contributed by atoms with van der Waals surface area (Å²) in [4.78, 5) is 43.1. The van der Waals surface area contributed by atoms with Crippen molar-refractivity contribution in [3.63, 3.8) is 0 Å². The van der Waals surface area contributed by atoms with Crippen LogP contribution >= 0.6 is 0 Å². The number of carboxylic acid groups (broad SMARTS) is 4. The van der Waals surface area contributed by atoms with Crippen molar-refractivity contribution in [2.24, 2.45) is 0 Å². The van der Waals surface area contributed by atoms with E-state index in [2.05, 4.69) is 22.1 Å². The van der Waals surface area contributed by atoms with Gasteiger partial charge in [0.15, 0.2) is 24.8 Å². The number of H-pyrrole nitrogens is 2. The van der Waals surface area contributed by atoms with Gasteiger partial charge in [0.25, 0.3) is 0 Å². The van der Waals surface area contributed by atoms with Gasteiger partial charge in [-0.3, -0.25) is 0 Å². The molecule has 0 unspecified atom stereocenters. The molecule has 0 aliphatic carbocycles. The zero-order valence-electron chi connectivity index (χ0n) is 16.8. The van der Waals surface area contributed by atoms with Gasteiger partial charge in [-0.25, -0.2) is 9.97 Å². The third kappa shape index (κ3) is 30.6. The van der Waals surface area contributed by atoms with Crippen molar-refractivity contribution in [3.05, 3.63) is 60.2 Å². The van der Waals surface area contributed by atoms with Gasteiger partial charge in [0, 0.05) is 61.0 Å². The fraction of sp³-hybridized carbons (Fsp3) is 0.111. The summed E-state index contributed by atoms with van der Waals surface area (Å²) in [5, 5.41) is 37.1. The molecule has 0 aliphatic heterocycles. The first-order chi connectivity index (χ1) is 13.2. The van der Waals surface area contributed by atoms with Gasteiger partial charge in [-0.2, -0.15) is 0 Å². The molecule has 0 saturated carbocycles. The molecular formula is C18H24CuN2O12. The Bertz CT molecular complexity index is 713. The van der Waals surface area contributed by atoms with Gasteiger partial charge in [0.2, 0.25) is 0 Å². The molecule has 0 saturated heterocycles. The number of hydrogen-bond acceptors (Lipinski definition) is 8. The van der Waals surface area contributed by atoms with Crippen LogP contribution in [0.3, 0.4) is 0 Å². The van der Waals surface area contributed by atoms with Crippen molar-refractivity contribution in [1.29, 1.82) is 0 Å². The summed E-state index contributed by atoms with van der Waals surface area (Å²) in [6.45, 7) is 0. The van der Waals surface area contributed by atoms with Gasteiger partial charge in [0.05, 0.1) is 0 Å². The monoisotopic (exact) mass is 523 g/mol. The molecule has 0 aliphatic rings. The predicted octanol–water partition coefficient (Wildman–Crippen LogP) is -8.06. The molecule has 14 nitrogen and oxygen atoms in total. The summed E-state index contributed by atoms with van der Waals surface area (Å²) >= 11 is 0. The smallest absolute Gasteiger partial charge is 0.550 e. The molecule has 0 aromatic carbocycles. The normalized spacial score (nSPS) is 7.88. The summed E-state index contributed by atoms with van der Waals surface area (Å²) in [5.74, 6) is -6.50. The van der Waals surface area contributed by atoms with Crippen molar-refractivity contribution >= 4 is 36.0 Å². The first kappa shape index (κ1) is 43.2. The molecule has 0 atom stereocenters. The summed E-state index contributed by atoms with van der Waals surface area (Å²) < 4.78 is 0. The fourth-order valence-corrected chi connectivity index (χ4v) is 1.45. The van der Waals surface area contributed by atoms with Crippen LogP contribution in [0.15, 0.2) is 49.1 Å². The summed E-state index contributed by atoms with van der Waals surface area (Å²) in [7, 11) is 0. The second kappa shape index (κ2) is 26.3. The number of aromatic amines is 2. The molecule has 0 spiro atoms. The van der Waals surface area contributed by atoms with E-state index < -0.39 is 36.7 Å². The Hall–Kier alpha value is -3.72. The van der Waals surface area contributed by atoms with E-state index >= 15 is 0 Å². The third-order valence-corrected chi connectivity index (χ3v) is 2.53. The van der Waals surface area contributed by atoms with Crippen molar-refractivity contribution in [3.8, 4) is 0 Å². The molecule has 0 bridgehead atoms. The largest absolute Gasteiger partial charge is 2.00 e. The molecule has 10 N–H and O–H groups in total. The topological polar surface area (TPSA) is 315 Å². The van der Waals surface area contributed by atoms with Crippen LogP contribution in [-0.4, -0.2) is 45.8 Å². The molecule has 2 rings (SSSR count). The Kier molecular flexibility index (Phi) is 34.5. The number of carbonyl (C=O) groups is 4. The molecule has 0 amide bonds. The molecule has 2 heterocycles. The van der Waals surface area contributed by atoms with Crippen LogP contribution in [0.2, 0.25) is 0 Å². The van der Waals surface area contributed by atoms with Crippen LogP contribution < -0.4 is 30.4 Å². The van der Waals surface area contributed by atoms with Crippen LogP contribution in [-0.2, 0) is 36.2 Å². The Morgan fingerprint density at radius 3 is 0.939 bits per heavy atom. The molecule has 2 aromatic heterocycles. The Balaban J connectivity index is -0.0000000844. The van der Waals surface area contributed by atoms with Gasteiger partial charge in [-0.05, 0) is 11.1 Å². The van der Waals surface area contributed by atoms with Gasteiger partial charge in [0.1, 0.15) is 0 Å². The van der Waals surface area contributed by atoms with E-state index in [1.54, 1.807) is 0 Å². The van der Waals surface area contributed by atoms with E-state index in [1.807, 2.05) is 49.1 Å². The maximum atomic E-state index is 9.28. The number of carboxylic acids is 4. The van der Waals surface area contributed by atoms with E-state index in [0.29, 0.717) is 0 Å². The molecular weight excluding hydrogens is 500 g/mol. The number of rotatable bonds is 6. The van der Waals surface area contributed by atoms with Crippen molar-refractivity contribution in [2.75, 3.05) is 0 Å². The Morgan fingerprint density at radius 1 is 0.576 bits per heavy atom. The van der Waals surface area contributed by atoms with Gasteiger partial charge in [-0.15, -0.1) is 0 Å². The van der Waals surface area contributed by atoms with Gasteiger partial charge >= 0.3 is 17.1 Å². The fourth-order valence-electron chi connectivity index (χ4n) is 1.45. The van der Waals surface area contributed by atoms with E-state index in [0.717, 1.165) is 0 Å².